The number of hydrogen-bond acceptors (Lipinski definition) is 5. The summed E-state index contributed by atoms with van der Waals surface area (Å²) in [4.78, 5) is 15.4. The number of furan rings is 1. The van der Waals surface area contributed by atoms with E-state index in [1.54, 1.807) is 29.4 Å². The first kappa shape index (κ1) is 22.3. The van der Waals surface area contributed by atoms with E-state index < -0.39 is 10.0 Å². The van der Waals surface area contributed by atoms with E-state index in [1.807, 2.05) is 43.3 Å². The molecule has 1 fully saturated rings. The lowest BCUT2D eigenvalue weighted by atomic mass is 10.1. The van der Waals surface area contributed by atoms with Gasteiger partial charge in [-0.05, 0) is 42.3 Å². The maximum atomic E-state index is 13.6. The maximum Gasteiger partial charge on any atom is 0.254 e. The van der Waals surface area contributed by atoms with Gasteiger partial charge in [-0.3, -0.25) is 4.79 Å². The third-order valence-electron chi connectivity index (χ3n) is 5.48. The van der Waals surface area contributed by atoms with E-state index in [0.717, 1.165) is 5.56 Å². The molecule has 0 aliphatic carbocycles. The van der Waals surface area contributed by atoms with E-state index in [4.69, 9.17) is 9.15 Å². The summed E-state index contributed by atoms with van der Waals surface area (Å²) in [6, 6.07) is 18.0. The molecule has 7 nitrogen and oxygen atoms in total. The zero-order valence-electron chi connectivity index (χ0n) is 17.9. The molecule has 0 atom stereocenters. The highest BCUT2D eigenvalue weighted by molar-refractivity contribution is 7.89. The van der Waals surface area contributed by atoms with Gasteiger partial charge in [0.25, 0.3) is 5.91 Å². The number of nitrogens with zero attached hydrogens (tertiary/aromatic N) is 2. The first-order valence-electron chi connectivity index (χ1n) is 10.5. The van der Waals surface area contributed by atoms with Gasteiger partial charge in [-0.15, -0.1) is 0 Å². The van der Waals surface area contributed by atoms with Crippen LogP contribution in [0.25, 0.3) is 0 Å². The van der Waals surface area contributed by atoms with Crippen molar-refractivity contribution in [2.24, 2.45) is 0 Å². The minimum absolute atomic E-state index is 0.117. The highest BCUT2D eigenvalue weighted by Crippen LogP contribution is 2.23. The molecule has 3 aromatic rings. The van der Waals surface area contributed by atoms with Gasteiger partial charge in [0.15, 0.2) is 0 Å². The lowest BCUT2D eigenvalue weighted by Gasteiger charge is -2.27. The largest absolute Gasteiger partial charge is 0.467 e. The van der Waals surface area contributed by atoms with Crippen LogP contribution in [0, 0.1) is 6.92 Å². The fourth-order valence-corrected chi connectivity index (χ4v) is 5.13. The molecule has 1 saturated heterocycles. The predicted molar refractivity (Wildman–Crippen MR) is 119 cm³/mol. The Bertz CT molecular complexity index is 1150. The lowest BCUT2D eigenvalue weighted by molar-refractivity contribution is 0.0715. The van der Waals surface area contributed by atoms with Crippen molar-refractivity contribution in [3.8, 4) is 0 Å². The Labute approximate surface area is 188 Å². The van der Waals surface area contributed by atoms with E-state index >= 15 is 0 Å². The molecule has 0 bridgehead atoms. The van der Waals surface area contributed by atoms with Gasteiger partial charge in [-0.1, -0.05) is 36.4 Å². The van der Waals surface area contributed by atoms with Crippen molar-refractivity contribution in [1.82, 2.24) is 9.21 Å². The molecule has 0 saturated carbocycles. The number of sulfonamides is 1. The summed E-state index contributed by atoms with van der Waals surface area (Å²) in [5, 5.41) is 0. The zero-order chi connectivity index (χ0) is 22.6. The number of carbonyl (C=O) groups excluding carboxylic acids is 1. The summed E-state index contributed by atoms with van der Waals surface area (Å²) in [5.41, 5.74) is 2.05. The molecule has 1 amide bonds. The van der Waals surface area contributed by atoms with Crippen molar-refractivity contribution in [2.45, 2.75) is 24.9 Å². The number of benzene rings is 2. The summed E-state index contributed by atoms with van der Waals surface area (Å²) in [6.07, 6.45) is 1.57. The summed E-state index contributed by atoms with van der Waals surface area (Å²) < 4.78 is 38.4. The highest BCUT2D eigenvalue weighted by Gasteiger charge is 2.28. The average molecular weight is 455 g/mol. The van der Waals surface area contributed by atoms with Crippen molar-refractivity contribution in [2.75, 3.05) is 26.3 Å². The van der Waals surface area contributed by atoms with Crippen LogP contribution in [0.1, 0.15) is 27.2 Å². The monoisotopic (exact) mass is 454 g/mol. The molecular weight excluding hydrogens is 428 g/mol. The number of ether oxygens (including phenoxy) is 1. The fraction of sp³-hybridized carbons (Fsp3) is 0.292. The summed E-state index contributed by atoms with van der Waals surface area (Å²) in [7, 11) is -3.71. The molecule has 1 aromatic heterocycles. The normalized spacial score (nSPS) is 14.9. The van der Waals surface area contributed by atoms with Crippen molar-refractivity contribution in [3.05, 3.63) is 89.4 Å². The quantitative estimate of drug-likeness (QED) is 0.546. The number of hydrogen-bond donors (Lipinski definition) is 0. The van der Waals surface area contributed by atoms with Gasteiger partial charge in [-0.2, -0.15) is 4.31 Å². The number of morpholine rings is 1. The van der Waals surface area contributed by atoms with Gasteiger partial charge in [-0.25, -0.2) is 8.42 Å². The van der Waals surface area contributed by atoms with E-state index in [9.17, 15) is 13.2 Å². The highest BCUT2D eigenvalue weighted by atomic mass is 32.2. The summed E-state index contributed by atoms with van der Waals surface area (Å²) in [6.45, 7) is 3.80. The number of amides is 1. The minimum Gasteiger partial charge on any atom is -0.467 e. The minimum atomic E-state index is -3.71. The van der Waals surface area contributed by atoms with Gasteiger partial charge in [0, 0.05) is 25.2 Å². The molecule has 0 N–H and O–H groups in total. The SMILES string of the molecule is Cc1ccc(S(=O)(=O)N2CCOCC2)cc1C(=O)N(Cc1ccccc1)Cc1ccco1. The first-order valence-corrected chi connectivity index (χ1v) is 11.9. The second-order valence-corrected chi connectivity index (χ2v) is 9.66. The Morgan fingerprint density at radius 1 is 1.00 bits per heavy atom. The molecule has 0 radical (unpaired) electrons. The number of carbonyl (C=O) groups is 1. The van der Waals surface area contributed by atoms with Crippen LogP contribution in [-0.4, -0.2) is 49.8 Å². The van der Waals surface area contributed by atoms with Gasteiger partial charge < -0.3 is 14.1 Å². The lowest BCUT2D eigenvalue weighted by Crippen LogP contribution is -2.40. The molecular formula is C24H26N2O5S. The van der Waals surface area contributed by atoms with Gasteiger partial charge in [0.2, 0.25) is 10.0 Å². The van der Waals surface area contributed by atoms with E-state index in [1.165, 1.54) is 10.4 Å². The Morgan fingerprint density at radius 2 is 1.75 bits per heavy atom. The van der Waals surface area contributed by atoms with Crippen LogP contribution in [-0.2, 0) is 27.8 Å². The van der Waals surface area contributed by atoms with Crippen LogP contribution in [0.3, 0.4) is 0 Å². The molecule has 2 aromatic carbocycles. The van der Waals surface area contributed by atoms with Crippen LogP contribution in [0.5, 0.6) is 0 Å². The molecule has 0 unspecified atom stereocenters. The molecule has 4 rings (SSSR count). The smallest absolute Gasteiger partial charge is 0.254 e. The van der Waals surface area contributed by atoms with Crippen molar-refractivity contribution >= 4 is 15.9 Å². The Morgan fingerprint density at radius 3 is 2.44 bits per heavy atom. The topological polar surface area (TPSA) is 80.1 Å². The molecule has 1 aliphatic heterocycles. The van der Waals surface area contributed by atoms with Crippen molar-refractivity contribution < 1.29 is 22.4 Å². The summed E-state index contributed by atoms with van der Waals surface area (Å²) >= 11 is 0. The molecule has 32 heavy (non-hydrogen) atoms. The standard InChI is InChI=1S/C24H26N2O5S/c1-19-9-10-22(32(28,29)26-11-14-30-15-12-26)16-23(19)24(27)25(18-21-8-5-13-31-21)17-20-6-3-2-4-7-20/h2-10,13,16H,11-12,14-15,17-18H2,1H3. The van der Waals surface area contributed by atoms with Gasteiger partial charge in [0.05, 0.1) is 30.9 Å². The Balaban J connectivity index is 1.66. The molecule has 8 heteroatoms. The summed E-state index contributed by atoms with van der Waals surface area (Å²) in [5.74, 6) is 0.408. The van der Waals surface area contributed by atoms with Gasteiger partial charge >= 0.3 is 0 Å². The average Bonchev–Trinajstić information content (AvgIpc) is 3.33. The first-order chi connectivity index (χ1) is 15.4. The molecule has 1 aliphatic rings. The molecule has 2 heterocycles. The third-order valence-corrected chi connectivity index (χ3v) is 7.37. The van der Waals surface area contributed by atoms with Crippen LogP contribution >= 0.6 is 0 Å². The number of rotatable bonds is 7. The predicted octanol–water partition coefficient (Wildman–Crippen LogP) is 3.45. The van der Waals surface area contributed by atoms with E-state index in [2.05, 4.69) is 0 Å². The zero-order valence-corrected chi connectivity index (χ0v) is 18.8. The fourth-order valence-electron chi connectivity index (χ4n) is 3.69. The van der Waals surface area contributed by atoms with Crippen molar-refractivity contribution in [3.63, 3.8) is 0 Å². The molecule has 0 spiro atoms. The van der Waals surface area contributed by atoms with Gasteiger partial charge in [0.1, 0.15) is 5.76 Å². The van der Waals surface area contributed by atoms with Crippen LogP contribution < -0.4 is 0 Å². The molecule has 168 valence electrons. The van der Waals surface area contributed by atoms with Crippen LogP contribution in [0.2, 0.25) is 0 Å². The Hall–Kier alpha value is -2.94. The van der Waals surface area contributed by atoms with E-state index in [0.29, 0.717) is 49.7 Å². The third kappa shape index (κ3) is 4.93. The number of aryl methyl sites for hydroxylation is 1. The van der Waals surface area contributed by atoms with E-state index in [-0.39, 0.29) is 17.3 Å². The maximum absolute atomic E-state index is 13.6. The van der Waals surface area contributed by atoms with Crippen LogP contribution in [0.4, 0.5) is 0 Å². The second-order valence-electron chi connectivity index (χ2n) is 7.72. The van der Waals surface area contributed by atoms with Crippen LogP contribution in [0.15, 0.2) is 76.2 Å². The van der Waals surface area contributed by atoms with Crippen molar-refractivity contribution in [1.29, 1.82) is 0 Å². The Kier molecular flexibility index (Phi) is 6.74. The second kappa shape index (κ2) is 9.68.